The average Bonchev–Trinajstić information content (AvgIpc) is 3.19. The molecule has 0 saturated carbocycles. The van der Waals surface area contributed by atoms with Crippen molar-refractivity contribution in [2.45, 2.75) is 80.7 Å². The molecule has 0 aliphatic rings. The van der Waals surface area contributed by atoms with Gasteiger partial charge in [-0.25, -0.2) is 0 Å². The monoisotopic (exact) mass is 411 g/mol. The molecule has 3 rings (SSSR count). The number of rotatable bonds is 6. The van der Waals surface area contributed by atoms with E-state index >= 15 is 0 Å². The molecule has 0 bridgehead atoms. The first-order chi connectivity index (χ1) is 14.6. The SMILES string of the molecule is CC.CC.CC.CCC[C@H](Cc1c[nH]c2ccc(-c3cccc(C)n3)cc12)N(C)C. The lowest BCUT2D eigenvalue weighted by molar-refractivity contribution is 0.275. The van der Waals surface area contributed by atoms with Gasteiger partial charge in [-0.15, -0.1) is 0 Å². The lowest BCUT2D eigenvalue weighted by Crippen LogP contribution is -2.29. The number of benzene rings is 1. The van der Waals surface area contributed by atoms with Crippen molar-refractivity contribution in [3.63, 3.8) is 0 Å². The van der Waals surface area contributed by atoms with Crippen LogP contribution in [0, 0.1) is 6.92 Å². The summed E-state index contributed by atoms with van der Waals surface area (Å²) < 4.78 is 0. The zero-order valence-electron chi connectivity index (χ0n) is 21.1. The highest BCUT2D eigenvalue weighted by atomic mass is 15.1. The molecule has 2 heterocycles. The van der Waals surface area contributed by atoms with E-state index in [1.165, 1.54) is 34.9 Å². The molecule has 3 heteroatoms. The van der Waals surface area contributed by atoms with Crippen LogP contribution in [0.25, 0.3) is 22.2 Å². The molecular formula is C27H45N3. The summed E-state index contributed by atoms with van der Waals surface area (Å²) in [4.78, 5) is 10.4. The third kappa shape index (κ3) is 7.95. The Morgan fingerprint density at radius 3 is 2.20 bits per heavy atom. The van der Waals surface area contributed by atoms with E-state index in [2.05, 4.69) is 72.4 Å². The minimum Gasteiger partial charge on any atom is -0.361 e. The number of likely N-dealkylation sites (N-methyl/N-ethyl adjacent to an activating group) is 1. The number of hydrogen-bond acceptors (Lipinski definition) is 2. The number of nitrogens with one attached hydrogen (secondary N) is 1. The van der Waals surface area contributed by atoms with Gasteiger partial charge in [0.15, 0.2) is 0 Å². The molecule has 3 aromatic rings. The van der Waals surface area contributed by atoms with Crippen LogP contribution in [0.15, 0.2) is 42.6 Å². The molecule has 0 aliphatic carbocycles. The second-order valence-corrected chi connectivity index (χ2v) is 6.85. The van der Waals surface area contributed by atoms with Crippen LogP contribution < -0.4 is 0 Å². The van der Waals surface area contributed by atoms with Crippen molar-refractivity contribution in [1.82, 2.24) is 14.9 Å². The number of aromatic amines is 1. The fraction of sp³-hybridized carbons (Fsp3) is 0.519. The smallest absolute Gasteiger partial charge is 0.0705 e. The van der Waals surface area contributed by atoms with Crippen LogP contribution in [0.3, 0.4) is 0 Å². The molecular weight excluding hydrogens is 366 g/mol. The van der Waals surface area contributed by atoms with Gasteiger partial charge >= 0.3 is 0 Å². The Morgan fingerprint density at radius 2 is 1.63 bits per heavy atom. The summed E-state index contributed by atoms with van der Waals surface area (Å²) in [5.74, 6) is 0. The third-order valence-corrected chi connectivity index (χ3v) is 4.76. The summed E-state index contributed by atoms with van der Waals surface area (Å²) in [7, 11) is 4.36. The van der Waals surface area contributed by atoms with Crippen LogP contribution in [-0.2, 0) is 6.42 Å². The molecule has 0 aliphatic heterocycles. The molecule has 0 saturated heterocycles. The molecule has 30 heavy (non-hydrogen) atoms. The van der Waals surface area contributed by atoms with Gasteiger partial charge in [-0.05, 0) is 63.7 Å². The minimum absolute atomic E-state index is 0.578. The quantitative estimate of drug-likeness (QED) is 0.447. The molecule has 1 aromatic carbocycles. The van der Waals surface area contributed by atoms with Gasteiger partial charge in [-0.3, -0.25) is 4.98 Å². The third-order valence-electron chi connectivity index (χ3n) is 4.76. The Bertz CT molecular complexity index is 818. The first-order valence-corrected chi connectivity index (χ1v) is 11.8. The number of fused-ring (bicyclic) bond motifs is 1. The van der Waals surface area contributed by atoms with E-state index in [1.54, 1.807) is 0 Å². The van der Waals surface area contributed by atoms with Gasteiger partial charge < -0.3 is 9.88 Å². The number of nitrogens with zero attached hydrogens (tertiary/aromatic N) is 2. The maximum absolute atomic E-state index is 4.66. The molecule has 1 N–H and O–H groups in total. The summed E-state index contributed by atoms with van der Waals surface area (Å²) in [6, 6.07) is 13.4. The molecule has 3 nitrogen and oxygen atoms in total. The molecule has 2 aromatic heterocycles. The van der Waals surface area contributed by atoms with E-state index in [9.17, 15) is 0 Å². The van der Waals surface area contributed by atoms with E-state index in [0.29, 0.717) is 6.04 Å². The van der Waals surface area contributed by atoms with Crippen LogP contribution >= 0.6 is 0 Å². The van der Waals surface area contributed by atoms with Crippen molar-refractivity contribution >= 4 is 10.9 Å². The minimum atomic E-state index is 0.578. The topological polar surface area (TPSA) is 31.9 Å². The molecule has 0 fully saturated rings. The average molecular weight is 412 g/mol. The second-order valence-electron chi connectivity index (χ2n) is 6.85. The Morgan fingerprint density at radius 1 is 0.967 bits per heavy atom. The van der Waals surface area contributed by atoms with Gasteiger partial charge in [0.2, 0.25) is 0 Å². The Kier molecular flexibility index (Phi) is 14.6. The van der Waals surface area contributed by atoms with Crippen molar-refractivity contribution in [3.8, 4) is 11.3 Å². The fourth-order valence-electron chi connectivity index (χ4n) is 3.34. The van der Waals surface area contributed by atoms with E-state index in [1.807, 2.05) is 54.5 Å². The van der Waals surface area contributed by atoms with Crippen LogP contribution in [0.2, 0.25) is 0 Å². The molecule has 1 atom stereocenters. The van der Waals surface area contributed by atoms with E-state index in [-0.39, 0.29) is 0 Å². The lowest BCUT2D eigenvalue weighted by Gasteiger charge is -2.23. The summed E-state index contributed by atoms with van der Waals surface area (Å²) in [5, 5.41) is 1.32. The van der Waals surface area contributed by atoms with Gasteiger partial charge in [0, 0.05) is 34.4 Å². The molecule has 0 unspecified atom stereocenters. The first kappa shape index (κ1) is 27.9. The highest BCUT2D eigenvalue weighted by Gasteiger charge is 2.14. The van der Waals surface area contributed by atoms with Crippen LogP contribution in [0.4, 0.5) is 0 Å². The summed E-state index contributed by atoms with van der Waals surface area (Å²) >= 11 is 0. The Labute approximate surface area is 185 Å². The highest BCUT2D eigenvalue weighted by molar-refractivity contribution is 5.87. The zero-order chi connectivity index (χ0) is 23.1. The van der Waals surface area contributed by atoms with Crippen molar-refractivity contribution < 1.29 is 0 Å². The van der Waals surface area contributed by atoms with E-state index < -0.39 is 0 Å². The van der Waals surface area contributed by atoms with Crippen LogP contribution in [-0.4, -0.2) is 35.0 Å². The Balaban J connectivity index is 0.00000129. The van der Waals surface area contributed by atoms with Crippen molar-refractivity contribution in [2.24, 2.45) is 0 Å². The zero-order valence-corrected chi connectivity index (χ0v) is 21.1. The fourth-order valence-corrected chi connectivity index (χ4v) is 3.34. The summed E-state index contributed by atoms with van der Waals surface area (Å²) in [5.41, 5.74) is 5.88. The molecule has 0 spiro atoms. The normalized spacial score (nSPS) is 10.9. The van der Waals surface area contributed by atoms with Crippen molar-refractivity contribution in [3.05, 3.63) is 53.9 Å². The lowest BCUT2D eigenvalue weighted by atomic mass is 9.99. The maximum Gasteiger partial charge on any atom is 0.0705 e. The maximum atomic E-state index is 4.66. The number of aryl methyl sites for hydroxylation is 1. The molecule has 0 radical (unpaired) electrons. The molecule has 168 valence electrons. The summed E-state index contributed by atoms with van der Waals surface area (Å²) in [6.45, 7) is 16.3. The predicted molar refractivity (Wildman–Crippen MR) is 136 cm³/mol. The Hall–Kier alpha value is -2.13. The second kappa shape index (κ2) is 15.7. The molecule has 0 amide bonds. The highest BCUT2D eigenvalue weighted by Crippen LogP contribution is 2.27. The van der Waals surface area contributed by atoms with E-state index in [0.717, 1.165) is 17.8 Å². The van der Waals surface area contributed by atoms with Crippen LogP contribution in [0.1, 0.15) is 72.6 Å². The van der Waals surface area contributed by atoms with Crippen LogP contribution in [0.5, 0.6) is 0 Å². The number of pyridine rings is 1. The van der Waals surface area contributed by atoms with Gasteiger partial charge in [0.25, 0.3) is 0 Å². The standard InChI is InChI=1S/C21H27N3.3C2H6/c1-5-7-18(24(3)4)12-17-14-22-21-11-10-16(13-19(17)21)20-9-6-8-15(2)23-20;3*1-2/h6,8-11,13-14,18,22H,5,7,12H2,1-4H3;3*1-2H3/t18-;;;/m1.../s1. The number of aromatic nitrogens is 2. The largest absolute Gasteiger partial charge is 0.361 e. The number of H-pyrrole nitrogens is 1. The summed E-state index contributed by atoms with van der Waals surface area (Å²) in [6.07, 6.45) is 5.68. The van der Waals surface area contributed by atoms with E-state index in [4.69, 9.17) is 0 Å². The predicted octanol–water partition coefficient (Wildman–Crippen LogP) is 7.89. The van der Waals surface area contributed by atoms with Gasteiger partial charge in [-0.1, -0.05) is 67.0 Å². The van der Waals surface area contributed by atoms with Gasteiger partial charge in [0.1, 0.15) is 0 Å². The van der Waals surface area contributed by atoms with Gasteiger partial charge in [-0.2, -0.15) is 0 Å². The van der Waals surface area contributed by atoms with Gasteiger partial charge in [0.05, 0.1) is 5.69 Å². The van der Waals surface area contributed by atoms with Crippen molar-refractivity contribution in [1.29, 1.82) is 0 Å². The number of hydrogen-bond donors (Lipinski definition) is 1. The van der Waals surface area contributed by atoms with Crippen molar-refractivity contribution in [2.75, 3.05) is 14.1 Å². The first-order valence-electron chi connectivity index (χ1n) is 11.8.